The van der Waals surface area contributed by atoms with Gasteiger partial charge in [0, 0.05) is 11.6 Å². The van der Waals surface area contributed by atoms with E-state index in [-0.39, 0.29) is 4.83 Å². The molecule has 0 saturated carbocycles. The van der Waals surface area contributed by atoms with Crippen molar-refractivity contribution in [3.05, 3.63) is 29.0 Å². The second-order valence-corrected chi connectivity index (χ2v) is 5.27. The zero-order chi connectivity index (χ0) is 11.0. The van der Waals surface area contributed by atoms with Gasteiger partial charge in [0.15, 0.2) is 0 Å². The number of alkyl halides is 1. The van der Waals surface area contributed by atoms with E-state index in [2.05, 4.69) is 39.3 Å². The molecular weight excluding hydrogens is 275 g/mol. The molecule has 0 fully saturated rings. The Morgan fingerprint density at radius 2 is 2.27 bits per heavy atom. The van der Waals surface area contributed by atoms with E-state index >= 15 is 0 Å². The van der Waals surface area contributed by atoms with E-state index in [4.69, 9.17) is 11.6 Å². The van der Waals surface area contributed by atoms with Crippen LogP contribution in [0.2, 0.25) is 5.02 Å². The summed E-state index contributed by atoms with van der Waals surface area (Å²) in [5, 5.41) is 0.733. The predicted octanol–water partition coefficient (Wildman–Crippen LogP) is 4.17. The van der Waals surface area contributed by atoms with E-state index in [0.717, 1.165) is 28.4 Å². The number of hydrogen-bond acceptors (Lipinski definition) is 1. The highest BCUT2D eigenvalue weighted by Gasteiger charge is 2.13. The predicted molar refractivity (Wildman–Crippen MR) is 67.8 cm³/mol. The third-order valence-corrected chi connectivity index (χ3v) is 3.06. The van der Waals surface area contributed by atoms with Crippen molar-refractivity contribution in [2.45, 2.75) is 25.2 Å². The van der Waals surface area contributed by atoms with Gasteiger partial charge in [0.05, 0.1) is 15.9 Å². The van der Waals surface area contributed by atoms with Crippen molar-refractivity contribution in [2.24, 2.45) is 0 Å². The van der Waals surface area contributed by atoms with Crippen LogP contribution in [0.15, 0.2) is 18.2 Å². The van der Waals surface area contributed by atoms with Crippen LogP contribution < -0.4 is 0 Å². The Morgan fingerprint density at radius 1 is 1.53 bits per heavy atom. The summed E-state index contributed by atoms with van der Waals surface area (Å²) in [7, 11) is 0. The molecule has 4 heteroatoms. The lowest BCUT2D eigenvalue weighted by molar-refractivity contribution is 0.723. The molecule has 0 bridgehead atoms. The van der Waals surface area contributed by atoms with Crippen LogP contribution in [0.5, 0.6) is 0 Å². The molecule has 2 aromatic rings. The van der Waals surface area contributed by atoms with Gasteiger partial charge in [-0.05, 0) is 32.0 Å². The maximum atomic E-state index is 5.94. The number of aromatic nitrogens is 2. The van der Waals surface area contributed by atoms with Gasteiger partial charge in [0.2, 0.25) is 0 Å². The molecule has 0 radical (unpaired) electrons. The molecule has 1 atom stereocenters. The van der Waals surface area contributed by atoms with E-state index in [9.17, 15) is 0 Å². The van der Waals surface area contributed by atoms with Crippen LogP contribution in [0.3, 0.4) is 0 Å². The Labute approximate surface area is 102 Å². The minimum Gasteiger partial charge on any atom is -0.327 e. The van der Waals surface area contributed by atoms with E-state index in [1.165, 1.54) is 0 Å². The van der Waals surface area contributed by atoms with Gasteiger partial charge in [0.25, 0.3) is 0 Å². The van der Waals surface area contributed by atoms with E-state index < -0.39 is 0 Å². The molecule has 80 valence electrons. The number of fused-ring (bicyclic) bond motifs is 1. The molecule has 1 aromatic carbocycles. The maximum Gasteiger partial charge on any atom is 0.123 e. The fourth-order valence-corrected chi connectivity index (χ4v) is 2.27. The minimum atomic E-state index is 0.253. The topological polar surface area (TPSA) is 17.8 Å². The molecule has 2 nitrogen and oxygen atoms in total. The van der Waals surface area contributed by atoms with Crippen molar-refractivity contribution < 1.29 is 0 Å². The summed E-state index contributed by atoms with van der Waals surface area (Å²) in [4.78, 5) is 4.83. The smallest absolute Gasteiger partial charge is 0.123 e. The maximum absolute atomic E-state index is 5.94. The third kappa shape index (κ3) is 1.91. The zero-order valence-corrected chi connectivity index (χ0v) is 11.0. The quantitative estimate of drug-likeness (QED) is 0.758. The Bertz CT molecular complexity index is 491. The zero-order valence-electron chi connectivity index (χ0n) is 8.67. The van der Waals surface area contributed by atoms with Crippen LogP contribution in [0.4, 0.5) is 0 Å². The first-order valence-corrected chi connectivity index (χ1v) is 6.22. The van der Waals surface area contributed by atoms with E-state index in [1.807, 2.05) is 18.2 Å². The molecule has 2 rings (SSSR count). The van der Waals surface area contributed by atoms with Crippen LogP contribution in [0, 0.1) is 0 Å². The number of halogens is 2. The SMILES string of the molecule is CCn1c(C(C)Br)nc2cc(Cl)ccc21. The molecule has 0 aliphatic heterocycles. The highest BCUT2D eigenvalue weighted by molar-refractivity contribution is 9.09. The number of imidazole rings is 1. The van der Waals surface area contributed by atoms with Crippen LogP contribution in [-0.2, 0) is 6.54 Å². The monoisotopic (exact) mass is 286 g/mol. The molecule has 15 heavy (non-hydrogen) atoms. The van der Waals surface area contributed by atoms with Gasteiger partial charge in [-0.1, -0.05) is 27.5 Å². The summed E-state index contributed by atoms with van der Waals surface area (Å²) >= 11 is 9.50. The molecular formula is C11H12BrClN2. The second-order valence-electron chi connectivity index (χ2n) is 3.46. The summed E-state index contributed by atoms with van der Waals surface area (Å²) in [5.41, 5.74) is 2.11. The van der Waals surface area contributed by atoms with Crippen molar-refractivity contribution in [1.29, 1.82) is 0 Å². The molecule has 0 aliphatic rings. The van der Waals surface area contributed by atoms with Gasteiger partial charge in [-0.15, -0.1) is 0 Å². The van der Waals surface area contributed by atoms with Crippen molar-refractivity contribution in [3.63, 3.8) is 0 Å². The summed E-state index contributed by atoms with van der Waals surface area (Å²) in [6.45, 7) is 5.12. The number of nitrogens with zero attached hydrogens (tertiary/aromatic N) is 2. The van der Waals surface area contributed by atoms with Crippen LogP contribution in [-0.4, -0.2) is 9.55 Å². The Balaban J connectivity index is 2.73. The fraction of sp³-hybridized carbons (Fsp3) is 0.364. The minimum absolute atomic E-state index is 0.253. The highest BCUT2D eigenvalue weighted by Crippen LogP contribution is 2.27. The molecule has 0 N–H and O–H groups in total. The lowest BCUT2D eigenvalue weighted by atomic mass is 10.3. The molecule has 0 spiro atoms. The molecule has 1 heterocycles. The number of benzene rings is 1. The Hall–Kier alpha value is -0.540. The van der Waals surface area contributed by atoms with Gasteiger partial charge >= 0.3 is 0 Å². The van der Waals surface area contributed by atoms with Gasteiger partial charge in [-0.3, -0.25) is 0 Å². The molecule has 0 aliphatic carbocycles. The summed E-state index contributed by atoms with van der Waals surface area (Å²) in [6.07, 6.45) is 0. The normalized spacial score (nSPS) is 13.3. The summed E-state index contributed by atoms with van der Waals surface area (Å²) in [6, 6.07) is 5.83. The molecule has 1 unspecified atom stereocenters. The lowest BCUT2D eigenvalue weighted by Crippen LogP contribution is -2.01. The van der Waals surface area contributed by atoms with Crippen molar-refractivity contribution in [1.82, 2.24) is 9.55 Å². The first kappa shape index (κ1) is 11.0. The van der Waals surface area contributed by atoms with Gasteiger partial charge in [0.1, 0.15) is 5.82 Å². The summed E-state index contributed by atoms with van der Waals surface area (Å²) in [5.74, 6) is 1.05. The first-order valence-electron chi connectivity index (χ1n) is 4.93. The molecule has 1 aromatic heterocycles. The van der Waals surface area contributed by atoms with Crippen LogP contribution >= 0.6 is 27.5 Å². The second kappa shape index (κ2) is 4.14. The largest absolute Gasteiger partial charge is 0.327 e. The van der Waals surface area contributed by atoms with Crippen molar-refractivity contribution in [2.75, 3.05) is 0 Å². The highest BCUT2D eigenvalue weighted by atomic mass is 79.9. The van der Waals surface area contributed by atoms with E-state index in [0.29, 0.717) is 0 Å². The molecule has 0 amide bonds. The first-order chi connectivity index (χ1) is 7.13. The van der Waals surface area contributed by atoms with Gasteiger partial charge in [-0.2, -0.15) is 0 Å². The van der Waals surface area contributed by atoms with Gasteiger partial charge < -0.3 is 4.57 Å². The Morgan fingerprint density at radius 3 is 2.87 bits per heavy atom. The van der Waals surface area contributed by atoms with Crippen molar-refractivity contribution in [3.8, 4) is 0 Å². The number of hydrogen-bond donors (Lipinski definition) is 0. The molecule has 0 saturated heterocycles. The number of rotatable bonds is 2. The van der Waals surface area contributed by atoms with Crippen LogP contribution in [0.25, 0.3) is 11.0 Å². The summed E-state index contributed by atoms with van der Waals surface area (Å²) < 4.78 is 2.20. The average Bonchev–Trinajstić information content (AvgIpc) is 2.55. The third-order valence-electron chi connectivity index (χ3n) is 2.41. The standard InChI is InChI=1S/C11H12BrClN2/c1-3-15-10-5-4-8(13)6-9(10)14-11(15)7(2)12/h4-7H,3H2,1-2H3. The van der Waals surface area contributed by atoms with E-state index in [1.54, 1.807) is 0 Å². The number of aryl methyl sites for hydroxylation is 1. The Kier molecular flexibility index (Phi) is 3.03. The lowest BCUT2D eigenvalue weighted by Gasteiger charge is -2.06. The van der Waals surface area contributed by atoms with Gasteiger partial charge in [-0.25, -0.2) is 4.98 Å². The average molecular weight is 288 g/mol. The fourth-order valence-electron chi connectivity index (χ4n) is 1.76. The van der Waals surface area contributed by atoms with Crippen LogP contribution in [0.1, 0.15) is 24.5 Å². The van der Waals surface area contributed by atoms with Crippen molar-refractivity contribution >= 4 is 38.6 Å².